The van der Waals surface area contributed by atoms with E-state index in [9.17, 15) is 4.79 Å². The van der Waals surface area contributed by atoms with Gasteiger partial charge in [-0.3, -0.25) is 0 Å². The summed E-state index contributed by atoms with van der Waals surface area (Å²) in [5.41, 5.74) is 3.85. The Balaban J connectivity index is 1.75. The van der Waals surface area contributed by atoms with Gasteiger partial charge in [0.25, 0.3) is 0 Å². The monoisotopic (exact) mass is 352 g/mol. The van der Waals surface area contributed by atoms with Crippen LogP contribution in [0.1, 0.15) is 20.8 Å². The number of benzene rings is 2. The zero-order valence-electron chi connectivity index (χ0n) is 14.5. The number of thiazole rings is 1. The lowest BCUT2D eigenvalue weighted by molar-refractivity contribution is 0.0600. The first-order chi connectivity index (χ1) is 12.1. The zero-order chi connectivity index (χ0) is 17.8. The highest BCUT2D eigenvalue weighted by atomic mass is 32.1. The molecule has 0 unspecified atom stereocenters. The van der Waals surface area contributed by atoms with Gasteiger partial charge in [-0.15, -0.1) is 11.3 Å². The van der Waals surface area contributed by atoms with Crippen molar-refractivity contribution < 1.29 is 9.53 Å². The van der Waals surface area contributed by atoms with Crippen molar-refractivity contribution in [2.24, 2.45) is 0 Å². The third-order valence-corrected chi connectivity index (χ3v) is 5.04. The highest BCUT2D eigenvalue weighted by Gasteiger charge is 2.13. The third kappa shape index (κ3) is 3.88. The lowest BCUT2D eigenvalue weighted by atomic mass is 10.1. The molecule has 3 rings (SSSR count). The highest BCUT2D eigenvalue weighted by molar-refractivity contribution is 7.16. The number of methoxy groups -OCH3 is 1. The van der Waals surface area contributed by atoms with Crippen LogP contribution in [0.15, 0.2) is 54.6 Å². The maximum atomic E-state index is 11.5. The van der Waals surface area contributed by atoms with Crippen LogP contribution in [0.25, 0.3) is 11.3 Å². The van der Waals surface area contributed by atoms with Gasteiger partial charge in [0.1, 0.15) is 0 Å². The molecule has 0 aliphatic heterocycles. The fourth-order valence-electron chi connectivity index (χ4n) is 2.62. The lowest BCUT2D eigenvalue weighted by Crippen LogP contribution is -2.16. The second kappa shape index (κ2) is 7.49. The zero-order valence-corrected chi connectivity index (χ0v) is 15.3. The van der Waals surface area contributed by atoms with Crippen molar-refractivity contribution in [3.8, 4) is 11.3 Å². The molecule has 2 aromatic carbocycles. The van der Waals surface area contributed by atoms with Gasteiger partial charge in [0.05, 0.1) is 18.4 Å². The van der Waals surface area contributed by atoms with Crippen molar-refractivity contribution in [3.05, 3.63) is 70.6 Å². The number of nitrogens with zero attached hydrogens (tertiary/aromatic N) is 2. The van der Waals surface area contributed by atoms with Gasteiger partial charge in [-0.2, -0.15) is 0 Å². The van der Waals surface area contributed by atoms with Gasteiger partial charge in [0, 0.05) is 24.0 Å². The number of aromatic nitrogens is 1. The predicted molar refractivity (Wildman–Crippen MR) is 102 cm³/mol. The minimum absolute atomic E-state index is 0.317. The van der Waals surface area contributed by atoms with E-state index in [1.54, 1.807) is 23.5 Å². The quantitative estimate of drug-likeness (QED) is 0.632. The second-order valence-electron chi connectivity index (χ2n) is 5.81. The molecule has 5 heteroatoms. The van der Waals surface area contributed by atoms with Gasteiger partial charge in [-0.05, 0) is 24.6 Å². The molecule has 0 fully saturated rings. The van der Waals surface area contributed by atoms with Crippen LogP contribution in [-0.2, 0) is 11.3 Å². The summed E-state index contributed by atoms with van der Waals surface area (Å²) in [6.07, 6.45) is 0. The van der Waals surface area contributed by atoms with Gasteiger partial charge in [0.15, 0.2) is 5.13 Å². The number of rotatable bonds is 5. The molecule has 1 heterocycles. The Morgan fingerprint density at radius 3 is 2.44 bits per heavy atom. The molecule has 0 spiro atoms. The van der Waals surface area contributed by atoms with Gasteiger partial charge in [0.2, 0.25) is 0 Å². The number of aryl methyl sites for hydroxylation is 1. The van der Waals surface area contributed by atoms with Crippen molar-refractivity contribution >= 4 is 22.4 Å². The summed E-state index contributed by atoms with van der Waals surface area (Å²) >= 11 is 1.69. The Morgan fingerprint density at radius 2 is 1.80 bits per heavy atom. The van der Waals surface area contributed by atoms with E-state index in [1.807, 2.05) is 37.4 Å². The van der Waals surface area contributed by atoms with Gasteiger partial charge >= 0.3 is 5.97 Å². The Labute approximate surface area is 151 Å². The van der Waals surface area contributed by atoms with Crippen molar-refractivity contribution in [1.82, 2.24) is 4.98 Å². The van der Waals surface area contributed by atoms with Crippen molar-refractivity contribution in [1.29, 1.82) is 0 Å². The normalized spacial score (nSPS) is 10.5. The molecule has 0 radical (unpaired) electrons. The summed E-state index contributed by atoms with van der Waals surface area (Å²) in [6, 6.07) is 17.7. The van der Waals surface area contributed by atoms with E-state index < -0.39 is 0 Å². The van der Waals surface area contributed by atoms with E-state index in [-0.39, 0.29) is 5.97 Å². The Morgan fingerprint density at radius 1 is 1.12 bits per heavy atom. The van der Waals surface area contributed by atoms with Gasteiger partial charge in [-0.1, -0.05) is 42.5 Å². The number of hydrogen-bond donors (Lipinski definition) is 0. The summed E-state index contributed by atoms with van der Waals surface area (Å²) < 4.78 is 4.73. The average Bonchev–Trinajstić information content (AvgIpc) is 3.04. The van der Waals surface area contributed by atoms with Crippen molar-refractivity contribution in [3.63, 3.8) is 0 Å². The minimum atomic E-state index is -0.317. The predicted octanol–water partition coefficient (Wildman–Crippen LogP) is 4.54. The largest absolute Gasteiger partial charge is 0.465 e. The molecule has 0 saturated heterocycles. The number of anilines is 1. The number of carbonyl (C=O) groups excluding carboxylic acids is 1. The van der Waals surface area contributed by atoms with Crippen LogP contribution >= 0.6 is 11.3 Å². The van der Waals surface area contributed by atoms with E-state index in [0.717, 1.165) is 28.5 Å². The summed E-state index contributed by atoms with van der Waals surface area (Å²) in [4.78, 5) is 19.6. The number of ether oxygens (including phenoxy) is 1. The van der Waals surface area contributed by atoms with Crippen LogP contribution < -0.4 is 4.90 Å². The van der Waals surface area contributed by atoms with E-state index in [4.69, 9.17) is 9.72 Å². The van der Waals surface area contributed by atoms with Crippen LogP contribution in [0, 0.1) is 6.92 Å². The molecule has 0 atom stereocenters. The van der Waals surface area contributed by atoms with Crippen molar-refractivity contribution in [2.75, 3.05) is 19.1 Å². The molecule has 1 aromatic heterocycles. The molecule has 3 aromatic rings. The molecule has 0 saturated carbocycles. The molecular formula is C20H20N2O2S. The maximum absolute atomic E-state index is 11.5. The SMILES string of the molecule is COC(=O)c1ccc(CN(C)c2nc(-c3ccccc3)c(C)s2)cc1. The highest BCUT2D eigenvalue weighted by Crippen LogP contribution is 2.32. The van der Waals surface area contributed by atoms with Crippen LogP contribution in [0.4, 0.5) is 5.13 Å². The maximum Gasteiger partial charge on any atom is 0.337 e. The fraction of sp³-hybridized carbons (Fsp3) is 0.200. The smallest absolute Gasteiger partial charge is 0.337 e. The molecular weight excluding hydrogens is 332 g/mol. The molecule has 0 amide bonds. The molecule has 0 N–H and O–H groups in total. The van der Waals surface area contributed by atoms with E-state index in [2.05, 4.69) is 24.0 Å². The molecule has 0 aliphatic carbocycles. The first kappa shape index (κ1) is 17.2. The minimum Gasteiger partial charge on any atom is -0.465 e. The topological polar surface area (TPSA) is 42.4 Å². The number of carbonyl (C=O) groups is 1. The summed E-state index contributed by atoms with van der Waals surface area (Å²) in [7, 11) is 3.42. The van der Waals surface area contributed by atoms with Crippen LogP contribution in [-0.4, -0.2) is 25.1 Å². The van der Waals surface area contributed by atoms with Crippen molar-refractivity contribution in [2.45, 2.75) is 13.5 Å². The van der Waals surface area contributed by atoms with E-state index in [1.165, 1.54) is 12.0 Å². The fourth-order valence-corrected chi connectivity index (χ4v) is 3.51. The van der Waals surface area contributed by atoms with Crippen LogP contribution in [0.2, 0.25) is 0 Å². The third-order valence-electron chi connectivity index (χ3n) is 3.95. The molecule has 0 aliphatic rings. The summed E-state index contributed by atoms with van der Waals surface area (Å²) in [5.74, 6) is -0.317. The first-order valence-electron chi connectivity index (χ1n) is 7.99. The Kier molecular flexibility index (Phi) is 5.14. The summed E-state index contributed by atoms with van der Waals surface area (Å²) in [6.45, 7) is 2.82. The van der Waals surface area contributed by atoms with E-state index >= 15 is 0 Å². The van der Waals surface area contributed by atoms with Crippen LogP contribution in [0.5, 0.6) is 0 Å². The molecule has 128 valence electrons. The Bertz CT molecular complexity index is 857. The molecule has 25 heavy (non-hydrogen) atoms. The van der Waals surface area contributed by atoms with E-state index in [0.29, 0.717) is 5.56 Å². The van der Waals surface area contributed by atoms with Gasteiger partial charge in [-0.25, -0.2) is 9.78 Å². The Hall–Kier alpha value is -2.66. The van der Waals surface area contributed by atoms with Crippen LogP contribution in [0.3, 0.4) is 0 Å². The number of hydrogen-bond acceptors (Lipinski definition) is 5. The average molecular weight is 352 g/mol. The number of esters is 1. The first-order valence-corrected chi connectivity index (χ1v) is 8.81. The standard InChI is InChI=1S/C20H20N2O2S/c1-14-18(16-7-5-4-6-8-16)21-20(25-14)22(2)13-15-9-11-17(12-10-15)19(23)24-3/h4-12H,13H2,1-3H3. The second-order valence-corrected chi connectivity index (χ2v) is 6.99. The molecule has 4 nitrogen and oxygen atoms in total. The van der Waals surface area contributed by atoms with Gasteiger partial charge < -0.3 is 9.64 Å². The lowest BCUT2D eigenvalue weighted by Gasteiger charge is -2.15. The summed E-state index contributed by atoms with van der Waals surface area (Å²) in [5, 5.41) is 0.980. The molecule has 0 bridgehead atoms.